The topological polar surface area (TPSA) is 75.1 Å². The molecule has 0 bridgehead atoms. The van der Waals surface area contributed by atoms with Crippen LogP contribution < -0.4 is 5.69 Å². The smallest absolute Gasteiger partial charge is 0.354 e. The number of H-pyrrole nitrogens is 1. The van der Waals surface area contributed by atoms with Crippen LogP contribution in [0.1, 0.15) is 21.6 Å². The highest BCUT2D eigenvalue weighted by Gasteiger charge is 2.13. The number of rotatable bonds is 3. The van der Waals surface area contributed by atoms with Crippen molar-refractivity contribution in [3.8, 4) is 0 Å². The van der Waals surface area contributed by atoms with Crippen molar-refractivity contribution in [2.45, 2.75) is 13.5 Å². The molecule has 2 rings (SSSR count). The Bertz CT molecular complexity index is 610. The Hall–Kier alpha value is -2.30. The highest BCUT2D eigenvalue weighted by Crippen LogP contribution is 2.09. The lowest BCUT2D eigenvalue weighted by atomic mass is 10.1. The molecule has 5 heteroatoms. The Labute approximate surface area is 97.3 Å². The molecule has 1 aromatic heterocycles. The summed E-state index contributed by atoms with van der Waals surface area (Å²) in [6, 6.07) is 7.56. The van der Waals surface area contributed by atoms with Crippen LogP contribution in [-0.2, 0) is 6.54 Å². The number of aromatic carboxylic acids is 1. The average molecular weight is 232 g/mol. The molecular weight excluding hydrogens is 220 g/mol. The van der Waals surface area contributed by atoms with E-state index in [2.05, 4.69) is 4.98 Å². The van der Waals surface area contributed by atoms with Crippen molar-refractivity contribution in [3.05, 3.63) is 57.8 Å². The van der Waals surface area contributed by atoms with Crippen molar-refractivity contribution in [1.82, 2.24) is 9.55 Å². The minimum Gasteiger partial charge on any atom is -0.477 e. The molecule has 17 heavy (non-hydrogen) atoms. The quantitative estimate of drug-likeness (QED) is 0.835. The fraction of sp³-hybridized carbons (Fsp3) is 0.167. The van der Waals surface area contributed by atoms with Crippen molar-refractivity contribution in [2.24, 2.45) is 0 Å². The van der Waals surface area contributed by atoms with Crippen LogP contribution in [0.25, 0.3) is 0 Å². The van der Waals surface area contributed by atoms with Crippen molar-refractivity contribution >= 4 is 5.97 Å². The number of hydrogen-bond donors (Lipinski definition) is 2. The van der Waals surface area contributed by atoms with Crippen LogP contribution in [0, 0.1) is 6.92 Å². The Balaban J connectivity index is 2.43. The SMILES string of the molecule is Cc1ccccc1Cn1c(C(=O)O)c[nH]c1=O. The minimum atomic E-state index is -1.11. The molecule has 0 aliphatic carbocycles. The number of aromatic nitrogens is 2. The molecule has 0 spiro atoms. The van der Waals surface area contributed by atoms with E-state index < -0.39 is 11.7 Å². The minimum absolute atomic E-state index is 0.0294. The molecule has 0 atom stereocenters. The van der Waals surface area contributed by atoms with Crippen LogP contribution in [0.5, 0.6) is 0 Å². The number of aryl methyl sites for hydroxylation is 1. The molecule has 0 aliphatic rings. The predicted molar refractivity (Wildman–Crippen MR) is 62.3 cm³/mol. The summed E-state index contributed by atoms with van der Waals surface area (Å²) in [5, 5.41) is 8.95. The zero-order valence-corrected chi connectivity index (χ0v) is 9.30. The highest BCUT2D eigenvalue weighted by atomic mass is 16.4. The van der Waals surface area contributed by atoms with Crippen LogP contribution >= 0.6 is 0 Å². The van der Waals surface area contributed by atoms with Crippen LogP contribution in [0.15, 0.2) is 35.3 Å². The second-order valence-electron chi connectivity index (χ2n) is 3.80. The first-order chi connectivity index (χ1) is 8.09. The van der Waals surface area contributed by atoms with Gasteiger partial charge in [-0.1, -0.05) is 24.3 Å². The maximum atomic E-state index is 11.5. The third-order valence-corrected chi connectivity index (χ3v) is 2.68. The largest absolute Gasteiger partial charge is 0.477 e. The van der Waals surface area contributed by atoms with Gasteiger partial charge < -0.3 is 10.1 Å². The molecule has 0 aliphatic heterocycles. The third kappa shape index (κ3) is 2.13. The molecule has 0 saturated heterocycles. The number of benzene rings is 1. The Morgan fingerprint density at radius 2 is 2.12 bits per heavy atom. The second-order valence-corrected chi connectivity index (χ2v) is 3.80. The van der Waals surface area contributed by atoms with Gasteiger partial charge in [0.25, 0.3) is 0 Å². The molecule has 88 valence electrons. The number of nitrogens with zero attached hydrogens (tertiary/aromatic N) is 1. The van der Waals surface area contributed by atoms with E-state index in [1.165, 1.54) is 10.8 Å². The van der Waals surface area contributed by atoms with Crippen LogP contribution in [0.4, 0.5) is 0 Å². The van der Waals surface area contributed by atoms with Crippen molar-refractivity contribution in [2.75, 3.05) is 0 Å². The Kier molecular flexibility index (Phi) is 2.82. The molecule has 2 N–H and O–H groups in total. The van der Waals surface area contributed by atoms with E-state index in [0.717, 1.165) is 11.1 Å². The third-order valence-electron chi connectivity index (χ3n) is 2.68. The van der Waals surface area contributed by atoms with Gasteiger partial charge in [-0.3, -0.25) is 4.57 Å². The lowest BCUT2D eigenvalue weighted by molar-refractivity contribution is 0.0685. The van der Waals surface area contributed by atoms with E-state index in [1.807, 2.05) is 31.2 Å². The van der Waals surface area contributed by atoms with E-state index >= 15 is 0 Å². The van der Waals surface area contributed by atoms with E-state index in [4.69, 9.17) is 5.11 Å². The molecule has 0 saturated carbocycles. The summed E-state index contributed by atoms with van der Waals surface area (Å²) in [6.07, 6.45) is 1.21. The molecule has 0 fully saturated rings. The normalized spacial score (nSPS) is 10.4. The number of aromatic amines is 1. The first-order valence-electron chi connectivity index (χ1n) is 5.15. The zero-order chi connectivity index (χ0) is 12.4. The van der Waals surface area contributed by atoms with E-state index in [0.29, 0.717) is 0 Å². The van der Waals surface area contributed by atoms with Gasteiger partial charge in [0.2, 0.25) is 0 Å². The van der Waals surface area contributed by atoms with E-state index in [9.17, 15) is 9.59 Å². The van der Waals surface area contributed by atoms with Crippen molar-refractivity contribution in [3.63, 3.8) is 0 Å². The monoisotopic (exact) mass is 232 g/mol. The molecule has 1 aromatic carbocycles. The predicted octanol–water partition coefficient (Wildman–Crippen LogP) is 1.23. The molecular formula is C12H12N2O3. The molecule has 2 aromatic rings. The average Bonchev–Trinajstić information content (AvgIpc) is 2.64. The van der Waals surface area contributed by atoms with Crippen LogP contribution in [-0.4, -0.2) is 20.6 Å². The van der Waals surface area contributed by atoms with Gasteiger partial charge in [0, 0.05) is 6.20 Å². The first-order valence-corrected chi connectivity index (χ1v) is 5.15. The van der Waals surface area contributed by atoms with Gasteiger partial charge in [0.05, 0.1) is 6.54 Å². The van der Waals surface area contributed by atoms with Gasteiger partial charge in [-0.05, 0) is 18.1 Å². The first kappa shape index (κ1) is 11.2. The number of imidazole rings is 1. The van der Waals surface area contributed by atoms with E-state index in [1.54, 1.807) is 0 Å². The Morgan fingerprint density at radius 1 is 1.41 bits per heavy atom. The summed E-state index contributed by atoms with van der Waals surface area (Å²) < 4.78 is 1.21. The van der Waals surface area contributed by atoms with Gasteiger partial charge in [0.15, 0.2) is 0 Å². The fourth-order valence-corrected chi connectivity index (χ4v) is 1.69. The van der Waals surface area contributed by atoms with Crippen LogP contribution in [0.2, 0.25) is 0 Å². The molecule has 1 heterocycles. The lowest BCUT2D eigenvalue weighted by Crippen LogP contribution is -2.22. The number of nitrogens with one attached hydrogen (secondary N) is 1. The summed E-state index contributed by atoms with van der Waals surface area (Å²) in [7, 11) is 0. The van der Waals surface area contributed by atoms with Crippen LogP contribution in [0.3, 0.4) is 0 Å². The maximum Gasteiger partial charge on any atom is 0.354 e. The van der Waals surface area contributed by atoms with Gasteiger partial charge >= 0.3 is 11.7 Å². The van der Waals surface area contributed by atoms with Gasteiger partial charge in [-0.2, -0.15) is 0 Å². The number of carboxylic acids is 1. The summed E-state index contributed by atoms with van der Waals surface area (Å²) in [6.45, 7) is 2.18. The van der Waals surface area contributed by atoms with Crippen molar-refractivity contribution < 1.29 is 9.90 Å². The molecule has 0 unspecified atom stereocenters. The van der Waals surface area contributed by atoms with E-state index in [-0.39, 0.29) is 12.2 Å². The summed E-state index contributed by atoms with van der Waals surface area (Å²) in [4.78, 5) is 24.8. The standard InChI is InChI=1S/C12H12N2O3/c1-8-4-2-3-5-9(8)7-14-10(11(15)16)6-13-12(14)17/h2-6H,7H2,1H3,(H,13,17)(H,15,16). The highest BCUT2D eigenvalue weighted by molar-refractivity contribution is 5.85. The van der Waals surface area contributed by atoms with Crippen molar-refractivity contribution in [1.29, 1.82) is 0 Å². The summed E-state index contributed by atoms with van der Waals surface area (Å²) in [5.74, 6) is -1.11. The van der Waals surface area contributed by atoms with Gasteiger partial charge in [-0.25, -0.2) is 9.59 Å². The summed E-state index contributed by atoms with van der Waals surface area (Å²) in [5.41, 5.74) is 1.51. The maximum absolute atomic E-state index is 11.5. The molecule has 0 radical (unpaired) electrons. The Morgan fingerprint density at radius 3 is 2.76 bits per heavy atom. The fourth-order valence-electron chi connectivity index (χ4n) is 1.69. The molecule has 0 amide bonds. The number of hydrogen-bond acceptors (Lipinski definition) is 2. The summed E-state index contributed by atoms with van der Waals surface area (Å²) >= 11 is 0. The van der Waals surface area contributed by atoms with Gasteiger partial charge in [0.1, 0.15) is 5.69 Å². The van der Waals surface area contributed by atoms with Gasteiger partial charge in [-0.15, -0.1) is 0 Å². The number of carbonyl (C=O) groups is 1. The second kappa shape index (κ2) is 4.29. The molecule has 5 nitrogen and oxygen atoms in total. The lowest BCUT2D eigenvalue weighted by Gasteiger charge is -2.07. The number of carboxylic acid groups (broad SMARTS) is 1. The zero-order valence-electron chi connectivity index (χ0n) is 9.30.